The van der Waals surface area contributed by atoms with Crippen LogP contribution < -0.4 is 9.80 Å². The van der Waals surface area contributed by atoms with E-state index in [0.29, 0.717) is 0 Å². The van der Waals surface area contributed by atoms with Gasteiger partial charge in [-0.3, -0.25) is 0 Å². The molecule has 0 saturated heterocycles. The van der Waals surface area contributed by atoms with E-state index in [9.17, 15) is 0 Å². The average Bonchev–Trinajstić information content (AvgIpc) is 3.04. The van der Waals surface area contributed by atoms with Crippen molar-refractivity contribution in [1.82, 2.24) is 0 Å². The Labute approximate surface area is 261 Å². The van der Waals surface area contributed by atoms with Crippen LogP contribution >= 0.6 is 0 Å². The molecule has 0 fully saturated rings. The number of fused-ring (bicyclic) bond motifs is 3. The summed E-state index contributed by atoms with van der Waals surface area (Å²) in [5.74, 6) is 0. The highest BCUT2D eigenvalue weighted by atomic mass is 15.2. The first-order chi connectivity index (χ1) is 21.4. The number of hydrogen-bond donors (Lipinski definition) is 0. The fourth-order valence-electron chi connectivity index (χ4n) is 5.75. The summed E-state index contributed by atoms with van der Waals surface area (Å²) in [6.45, 7) is 12.4. The van der Waals surface area contributed by atoms with Crippen LogP contribution in [0.3, 0.4) is 0 Å². The van der Waals surface area contributed by atoms with Gasteiger partial charge in [0, 0.05) is 34.0 Å². The van der Waals surface area contributed by atoms with E-state index in [1.54, 1.807) is 0 Å². The smallest absolute Gasteiger partial charge is 0.0541 e. The van der Waals surface area contributed by atoms with Crippen LogP contribution in [0.5, 0.6) is 0 Å². The second kappa shape index (κ2) is 12.5. The summed E-state index contributed by atoms with van der Waals surface area (Å²) in [5, 5.41) is 4.83. The third-order valence-electron chi connectivity index (χ3n) is 8.12. The molecule has 0 aliphatic heterocycles. The lowest BCUT2D eigenvalue weighted by atomic mass is 9.97. The third-order valence-corrected chi connectivity index (χ3v) is 8.12. The van der Waals surface area contributed by atoms with Crippen molar-refractivity contribution in [2.45, 2.75) is 27.7 Å². The number of rotatable bonds is 8. The van der Waals surface area contributed by atoms with E-state index >= 15 is 0 Å². The van der Waals surface area contributed by atoms with Crippen molar-refractivity contribution >= 4 is 50.0 Å². The molecule has 0 heterocycles. The fourth-order valence-corrected chi connectivity index (χ4v) is 5.75. The Kier molecular flexibility index (Phi) is 8.16. The van der Waals surface area contributed by atoms with Gasteiger partial charge in [-0.2, -0.15) is 0 Å². The zero-order chi connectivity index (χ0) is 30.6. The van der Waals surface area contributed by atoms with Crippen LogP contribution in [0, 0.1) is 20.8 Å². The summed E-state index contributed by atoms with van der Waals surface area (Å²) in [4.78, 5) is 4.68. The second-order valence-corrected chi connectivity index (χ2v) is 11.5. The van der Waals surface area contributed by atoms with Crippen molar-refractivity contribution in [3.8, 4) is 0 Å². The maximum absolute atomic E-state index is 3.89. The summed E-state index contributed by atoms with van der Waals surface area (Å²) >= 11 is 0. The Morgan fingerprint density at radius 3 is 1.70 bits per heavy atom. The van der Waals surface area contributed by atoms with Crippen LogP contribution in [0.25, 0.3) is 21.5 Å². The summed E-state index contributed by atoms with van der Waals surface area (Å²) in [7, 11) is 0. The first kappa shape index (κ1) is 28.8. The highest BCUT2D eigenvalue weighted by Gasteiger charge is 2.20. The van der Waals surface area contributed by atoms with E-state index in [1.807, 2.05) is 12.2 Å². The Morgan fingerprint density at radius 1 is 0.568 bits per heavy atom. The first-order valence-electron chi connectivity index (χ1n) is 15.1. The zero-order valence-corrected chi connectivity index (χ0v) is 26.0. The van der Waals surface area contributed by atoms with Gasteiger partial charge in [0.25, 0.3) is 0 Å². The number of anilines is 5. The van der Waals surface area contributed by atoms with Gasteiger partial charge in [0.05, 0.1) is 11.4 Å². The molecule has 44 heavy (non-hydrogen) atoms. The topological polar surface area (TPSA) is 6.48 Å². The van der Waals surface area contributed by atoms with E-state index in [4.69, 9.17) is 0 Å². The van der Waals surface area contributed by atoms with Crippen LogP contribution in [0.4, 0.5) is 28.4 Å². The predicted molar refractivity (Wildman–Crippen MR) is 192 cm³/mol. The minimum absolute atomic E-state index is 1.11. The fraction of sp³-hybridized carbons (Fsp3) is 0.0952. The SMILES string of the molecule is C=C/C=C(C)\C=C/N(c1ccc(C)cc1)c1ccc(N(c2ccc(C)cc2)c2ccc(C)cc2)c2ccc3ccccc3c12. The van der Waals surface area contributed by atoms with Gasteiger partial charge in [-0.15, -0.1) is 0 Å². The quantitative estimate of drug-likeness (QED) is 0.133. The Bertz CT molecular complexity index is 1950. The van der Waals surface area contributed by atoms with E-state index in [-0.39, 0.29) is 0 Å². The second-order valence-electron chi connectivity index (χ2n) is 11.5. The lowest BCUT2D eigenvalue weighted by Gasteiger charge is -2.30. The Hall–Kier alpha value is -5.34. The van der Waals surface area contributed by atoms with Gasteiger partial charge in [-0.1, -0.05) is 108 Å². The third kappa shape index (κ3) is 5.80. The highest BCUT2D eigenvalue weighted by molar-refractivity contribution is 6.18. The molecular weight excluding hydrogens is 532 g/mol. The molecule has 2 nitrogen and oxygen atoms in total. The van der Waals surface area contributed by atoms with Crippen LogP contribution in [0.15, 0.2) is 158 Å². The van der Waals surface area contributed by atoms with E-state index < -0.39 is 0 Å². The van der Waals surface area contributed by atoms with Crippen molar-refractivity contribution in [2.24, 2.45) is 0 Å². The van der Waals surface area contributed by atoms with Crippen LogP contribution in [-0.4, -0.2) is 0 Å². The summed E-state index contributed by atoms with van der Waals surface area (Å²) in [6.07, 6.45) is 8.19. The van der Waals surface area contributed by atoms with E-state index in [0.717, 1.165) is 34.0 Å². The predicted octanol–water partition coefficient (Wildman–Crippen LogP) is 12.2. The van der Waals surface area contributed by atoms with Crippen LogP contribution in [0.2, 0.25) is 0 Å². The first-order valence-corrected chi connectivity index (χ1v) is 15.1. The molecule has 0 amide bonds. The molecule has 0 aliphatic carbocycles. The highest BCUT2D eigenvalue weighted by Crippen LogP contribution is 2.45. The number of aryl methyl sites for hydroxylation is 3. The van der Waals surface area contributed by atoms with Gasteiger partial charge in [0.15, 0.2) is 0 Å². The van der Waals surface area contributed by atoms with Gasteiger partial charge in [0.2, 0.25) is 0 Å². The van der Waals surface area contributed by atoms with E-state index in [1.165, 1.54) is 38.2 Å². The number of hydrogen-bond acceptors (Lipinski definition) is 2. The number of benzene rings is 6. The molecule has 0 aromatic heterocycles. The molecular formula is C42H38N2. The molecule has 0 N–H and O–H groups in total. The number of allylic oxidation sites excluding steroid dienone is 4. The van der Waals surface area contributed by atoms with Gasteiger partial charge in [0.1, 0.15) is 0 Å². The van der Waals surface area contributed by atoms with Crippen molar-refractivity contribution in [1.29, 1.82) is 0 Å². The molecule has 6 aromatic carbocycles. The summed E-state index contributed by atoms with van der Waals surface area (Å²) in [6, 6.07) is 44.1. The van der Waals surface area contributed by atoms with Crippen molar-refractivity contribution in [2.75, 3.05) is 9.80 Å². The lowest BCUT2D eigenvalue weighted by molar-refractivity contribution is 1.26. The Morgan fingerprint density at radius 2 is 1.11 bits per heavy atom. The maximum Gasteiger partial charge on any atom is 0.0541 e. The summed E-state index contributed by atoms with van der Waals surface area (Å²) < 4.78 is 0. The molecule has 216 valence electrons. The molecule has 0 spiro atoms. The summed E-state index contributed by atoms with van der Waals surface area (Å²) in [5.41, 5.74) is 10.5. The molecule has 0 bridgehead atoms. The standard InChI is InChI=1S/C42H38N2/c1-6-9-30(2)28-29-43(35-19-12-31(3)13-20-35)41-27-26-40(39-25-18-34-10-7-8-11-38(34)42(39)41)44(36-21-14-32(4)15-22-36)37-23-16-33(5)17-24-37/h6-29H,1H2,2-5H3/b29-28-,30-9-. The molecule has 0 radical (unpaired) electrons. The normalized spacial score (nSPS) is 11.8. The molecule has 6 aromatic rings. The molecule has 2 heteroatoms. The molecule has 0 atom stereocenters. The largest absolute Gasteiger partial charge is 0.317 e. The maximum atomic E-state index is 3.89. The zero-order valence-electron chi connectivity index (χ0n) is 26.0. The van der Waals surface area contributed by atoms with Crippen molar-refractivity contribution in [3.05, 3.63) is 175 Å². The van der Waals surface area contributed by atoms with Crippen molar-refractivity contribution in [3.63, 3.8) is 0 Å². The van der Waals surface area contributed by atoms with E-state index in [2.05, 4.69) is 178 Å². The van der Waals surface area contributed by atoms with Gasteiger partial charge in [-0.25, -0.2) is 0 Å². The molecule has 6 rings (SSSR count). The van der Waals surface area contributed by atoms with Gasteiger partial charge in [-0.05, 0) is 98.6 Å². The molecule has 0 aliphatic rings. The molecule has 0 saturated carbocycles. The Balaban J connectivity index is 1.66. The van der Waals surface area contributed by atoms with Gasteiger partial charge < -0.3 is 9.80 Å². The van der Waals surface area contributed by atoms with Crippen LogP contribution in [0.1, 0.15) is 23.6 Å². The minimum atomic E-state index is 1.11. The molecule has 0 unspecified atom stereocenters. The van der Waals surface area contributed by atoms with Crippen molar-refractivity contribution < 1.29 is 0 Å². The van der Waals surface area contributed by atoms with Crippen LogP contribution in [-0.2, 0) is 0 Å². The number of nitrogens with zero attached hydrogens (tertiary/aromatic N) is 2. The average molecular weight is 571 g/mol. The lowest BCUT2D eigenvalue weighted by Crippen LogP contribution is -2.13. The monoisotopic (exact) mass is 570 g/mol. The van der Waals surface area contributed by atoms with Gasteiger partial charge >= 0.3 is 0 Å². The minimum Gasteiger partial charge on any atom is -0.317 e.